The van der Waals surface area contributed by atoms with Crippen molar-refractivity contribution >= 4 is 43.6 Å². The second-order valence-corrected chi connectivity index (χ2v) is 14.5. The molecule has 0 amide bonds. The lowest BCUT2D eigenvalue weighted by molar-refractivity contribution is 1.13. The van der Waals surface area contributed by atoms with Gasteiger partial charge in [0, 0.05) is 45.1 Å². The van der Waals surface area contributed by atoms with Crippen LogP contribution >= 0.6 is 0 Å². The lowest BCUT2D eigenvalue weighted by atomic mass is 9.98. The van der Waals surface area contributed by atoms with Crippen molar-refractivity contribution in [1.82, 2.24) is 14.1 Å². The summed E-state index contributed by atoms with van der Waals surface area (Å²) < 4.78 is 4.32. The lowest BCUT2D eigenvalue weighted by Gasteiger charge is -2.18. The van der Waals surface area contributed by atoms with Crippen LogP contribution < -0.4 is 0 Å². The molecule has 0 saturated heterocycles. The van der Waals surface area contributed by atoms with Crippen LogP contribution in [0.3, 0.4) is 0 Å². The number of hydrogen-bond donors (Lipinski definition) is 0. The number of nitriles is 5. The predicted molar refractivity (Wildman–Crippen MR) is 233 cm³/mol. The molecular formula is C52H26N8. The Morgan fingerprint density at radius 1 is 0.367 bits per heavy atom. The molecule has 0 fully saturated rings. The van der Waals surface area contributed by atoms with Crippen molar-refractivity contribution < 1.29 is 0 Å². The van der Waals surface area contributed by atoms with E-state index >= 15 is 0 Å². The quantitative estimate of drug-likeness (QED) is 0.171. The van der Waals surface area contributed by atoms with Crippen LogP contribution in [-0.4, -0.2) is 14.1 Å². The highest BCUT2D eigenvalue weighted by Gasteiger charge is 2.22. The summed E-state index contributed by atoms with van der Waals surface area (Å²) in [5.41, 5.74) is 12.3. The number of fused-ring (bicyclic) bond motifs is 6. The second kappa shape index (κ2) is 14.0. The number of para-hydroxylation sites is 2. The van der Waals surface area contributed by atoms with E-state index in [4.69, 9.17) is 0 Å². The molecule has 0 aliphatic heterocycles. The summed E-state index contributed by atoms with van der Waals surface area (Å²) >= 11 is 0. The summed E-state index contributed by atoms with van der Waals surface area (Å²) in [5.74, 6) is 0. The van der Waals surface area contributed by atoms with Gasteiger partial charge in [-0.15, -0.1) is 0 Å². The lowest BCUT2D eigenvalue weighted by Crippen LogP contribution is -2.04. The van der Waals surface area contributed by atoms with Crippen molar-refractivity contribution in [2.75, 3.05) is 0 Å². The van der Waals surface area contributed by atoms with Crippen molar-refractivity contribution in [1.29, 1.82) is 26.3 Å². The Labute approximate surface area is 343 Å². The standard InChI is InChI=1S/C52H26N8/c53-26-32-16-33(27-54)19-39(18-32)36-11-13-49-45(22-36)42-7-1-3-9-47(42)59(49)51-25-44(38-6-5-15-58-31-38)52(24-41(51)30-57)60-48-10-4-2-8-43(48)46-23-37(12-14-50(46)60)40-20-34(28-55)17-35(21-40)29-56/h1-25,31H. The molecular weight excluding hydrogens is 737 g/mol. The largest absolute Gasteiger partial charge is 0.309 e. The van der Waals surface area contributed by atoms with E-state index in [1.165, 1.54) is 0 Å². The van der Waals surface area contributed by atoms with Crippen molar-refractivity contribution in [2.24, 2.45) is 0 Å². The molecule has 0 N–H and O–H groups in total. The number of aromatic nitrogens is 3. The molecule has 60 heavy (non-hydrogen) atoms. The summed E-state index contributed by atoms with van der Waals surface area (Å²) in [6, 6.07) is 58.1. The molecule has 3 aromatic heterocycles. The molecule has 10 aromatic rings. The Morgan fingerprint density at radius 3 is 1.32 bits per heavy atom. The zero-order valence-electron chi connectivity index (χ0n) is 31.6. The van der Waals surface area contributed by atoms with E-state index in [1.807, 2.05) is 72.9 Å². The summed E-state index contributed by atoms with van der Waals surface area (Å²) in [7, 11) is 0. The number of rotatable bonds is 5. The minimum Gasteiger partial charge on any atom is -0.309 e. The topological polar surface area (TPSA) is 142 Å². The van der Waals surface area contributed by atoms with Crippen molar-refractivity contribution in [3.8, 4) is 75.1 Å². The van der Waals surface area contributed by atoms with Gasteiger partial charge in [0.05, 0.1) is 85.5 Å². The van der Waals surface area contributed by atoms with Crippen LogP contribution in [-0.2, 0) is 0 Å². The third-order valence-electron chi connectivity index (χ3n) is 11.1. The van der Waals surface area contributed by atoms with E-state index in [0.717, 1.165) is 82.7 Å². The molecule has 7 aromatic carbocycles. The van der Waals surface area contributed by atoms with Gasteiger partial charge >= 0.3 is 0 Å². The van der Waals surface area contributed by atoms with E-state index in [0.29, 0.717) is 33.5 Å². The van der Waals surface area contributed by atoms with Gasteiger partial charge in [-0.05, 0) is 113 Å². The molecule has 0 radical (unpaired) electrons. The number of pyridine rings is 1. The van der Waals surface area contributed by atoms with Gasteiger partial charge in [0.2, 0.25) is 0 Å². The Balaban J connectivity index is 1.23. The summed E-state index contributed by atoms with van der Waals surface area (Å²) in [6.07, 6.45) is 3.57. The summed E-state index contributed by atoms with van der Waals surface area (Å²) in [6.45, 7) is 0. The average Bonchev–Trinajstić information content (AvgIpc) is 3.83. The maximum atomic E-state index is 11.0. The van der Waals surface area contributed by atoms with Crippen LogP contribution in [0.15, 0.2) is 158 Å². The Bertz CT molecular complexity index is 3600. The smallest absolute Gasteiger partial charge is 0.101 e. The monoisotopic (exact) mass is 762 g/mol. The molecule has 8 nitrogen and oxygen atoms in total. The van der Waals surface area contributed by atoms with Crippen LogP contribution in [0, 0.1) is 56.7 Å². The van der Waals surface area contributed by atoms with Gasteiger partial charge in [-0.3, -0.25) is 4.98 Å². The first-order valence-electron chi connectivity index (χ1n) is 19.0. The van der Waals surface area contributed by atoms with Gasteiger partial charge in [-0.2, -0.15) is 26.3 Å². The number of hydrogen-bond acceptors (Lipinski definition) is 6. The molecule has 0 unspecified atom stereocenters. The van der Waals surface area contributed by atoms with E-state index in [2.05, 4.69) is 86.9 Å². The molecule has 0 aliphatic carbocycles. The highest BCUT2D eigenvalue weighted by atomic mass is 15.0. The Morgan fingerprint density at radius 2 is 0.850 bits per heavy atom. The van der Waals surface area contributed by atoms with Gasteiger partial charge in [-0.1, -0.05) is 54.6 Å². The van der Waals surface area contributed by atoms with Crippen LogP contribution in [0.2, 0.25) is 0 Å². The highest BCUT2D eigenvalue weighted by molar-refractivity contribution is 6.12. The Kier molecular flexibility index (Phi) is 8.23. The normalized spacial score (nSPS) is 10.9. The first-order chi connectivity index (χ1) is 29.5. The van der Waals surface area contributed by atoms with Crippen LogP contribution in [0.1, 0.15) is 27.8 Å². The number of nitrogens with zero attached hydrogens (tertiary/aromatic N) is 8. The number of benzene rings is 7. The van der Waals surface area contributed by atoms with E-state index in [1.54, 1.807) is 42.6 Å². The molecule has 0 bridgehead atoms. The zero-order valence-corrected chi connectivity index (χ0v) is 31.6. The molecule has 10 rings (SSSR count). The van der Waals surface area contributed by atoms with Crippen LogP contribution in [0.25, 0.3) is 88.4 Å². The van der Waals surface area contributed by atoms with Gasteiger partial charge in [0.1, 0.15) is 6.07 Å². The molecule has 0 spiro atoms. The molecule has 274 valence electrons. The maximum absolute atomic E-state index is 11.0. The molecule has 3 heterocycles. The zero-order chi connectivity index (χ0) is 40.9. The Hall–Kier alpha value is -9.26. The SMILES string of the molecule is N#Cc1cc(C#N)cc(-c2ccc3c(c2)c2ccccc2n3-c2cc(-c3cccnc3)c(-n3c4ccccc4c4cc(-c5cc(C#N)cc(C#N)c5)ccc43)cc2C#N)c1. The minimum atomic E-state index is 0.413. The average molecular weight is 763 g/mol. The van der Waals surface area contributed by atoms with Gasteiger partial charge < -0.3 is 9.13 Å². The summed E-state index contributed by atoms with van der Waals surface area (Å²) in [4.78, 5) is 4.51. The molecule has 8 heteroatoms. The minimum absolute atomic E-state index is 0.413. The van der Waals surface area contributed by atoms with Gasteiger partial charge in [0.15, 0.2) is 0 Å². The van der Waals surface area contributed by atoms with E-state index in [-0.39, 0.29) is 0 Å². The fourth-order valence-corrected chi connectivity index (χ4v) is 8.46. The first kappa shape index (κ1) is 35.2. The van der Waals surface area contributed by atoms with Crippen LogP contribution in [0.4, 0.5) is 0 Å². The van der Waals surface area contributed by atoms with Crippen molar-refractivity contribution in [2.45, 2.75) is 0 Å². The first-order valence-corrected chi connectivity index (χ1v) is 19.0. The van der Waals surface area contributed by atoms with E-state index < -0.39 is 0 Å². The van der Waals surface area contributed by atoms with Crippen molar-refractivity contribution in [3.63, 3.8) is 0 Å². The van der Waals surface area contributed by atoms with Gasteiger partial charge in [-0.25, -0.2) is 0 Å². The summed E-state index contributed by atoms with van der Waals surface area (Å²) in [5, 5.41) is 53.7. The molecule has 0 atom stereocenters. The van der Waals surface area contributed by atoms with Crippen molar-refractivity contribution in [3.05, 3.63) is 186 Å². The third-order valence-corrected chi connectivity index (χ3v) is 11.1. The maximum Gasteiger partial charge on any atom is 0.101 e. The van der Waals surface area contributed by atoms with E-state index in [9.17, 15) is 26.3 Å². The molecule has 0 aliphatic rings. The second-order valence-electron chi connectivity index (χ2n) is 14.5. The highest BCUT2D eigenvalue weighted by Crippen LogP contribution is 2.42. The van der Waals surface area contributed by atoms with Crippen LogP contribution in [0.5, 0.6) is 0 Å². The third kappa shape index (κ3) is 5.61. The fraction of sp³-hybridized carbons (Fsp3) is 0. The van der Waals surface area contributed by atoms with Gasteiger partial charge in [0.25, 0.3) is 0 Å². The fourth-order valence-electron chi connectivity index (χ4n) is 8.46. The predicted octanol–water partition coefficient (Wildman–Crippen LogP) is 11.6. The molecule has 0 saturated carbocycles.